The van der Waals surface area contributed by atoms with Gasteiger partial charge in [0.25, 0.3) is 11.6 Å². The van der Waals surface area contributed by atoms with E-state index in [1.807, 2.05) is 0 Å². The summed E-state index contributed by atoms with van der Waals surface area (Å²) in [6, 6.07) is 4.08. The molecule has 130 valence electrons. The molecule has 1 N–H and O–H groups in total. The quantitative estimate of drug-likeness (QED) is 0.630. The maximum atomic E-state index is 12.7. The number of hydrogen-bond acceptors (Lipinski definition) is 5. The zero-order valence-electron chi connectivity index (χ0n) is 13.4. The third-order valence-corrected chi connectivity index (χ3v) is 4.20. The summed E-state index contributed by atoms with van der Waals surface area (Å²) in [6.07, 6.45) is 2.18. The lowest BCUT2D eigenvalue weighted by Crippen LogP contribution is -2.40. The molecule has 8 heteroatoms. The van der Waals surface area contributed by atoms with Crippen LogP contribution in [0.15, 0.2) is 18.2 Å². The van der Waals surface area contributed by atoms with Crippen LogP contribution in [-0.4, -0.2) is 47.0 Å². The fourth-order valence-corrected chi connectivity index (χ4v) is 2.96. The number of likely N-dealkylation sites (tertiary alicyclic amines) is 1. The van der Waals surface area contributed by atoms with Crippen LogP contribution in [-0.2, 0) is 4.79 Å². The van der Waals surface area contributed by atoms with Crippen molar-refractivity contribution in [3.05, 3.63) is 33.9 Å². The van der Waals surface area contributed by atoms with Crippen LogP contribution in [0.2, 0.25) is 0 Å². The molecule has 0 spiro atoms. The molecule has 0 radical (unpaired) electrons. The number of piperidine rings is 1. The minimum absolute atomic E-state index is 0.00163. The molecule has 8 nitrogen and oxygen atoms in total. The Morgan fingerprint density at radius 2 is 2.21 bits per heavy atom. The van der Waals surface area contributed by atoms with E-state index in [4.69, 9.17) is 9.84 Å². The fraction of sp³-hybridized carbons (Fsp3) is 0.500. The predicted molar refractivity (Wildman–Crippen MR) is 85.1 cm³/mol. The van der Waals surface area contributed by atoms with E-state index < -0.39 is 16.8 Å². The van der Waals surface area contributed by atoms with E-state index in [2.05, 4.69) is 0 Å². The number of hydrogen-bond donors (Lipinski definition) is 1. The van der Waals surface area contributed by atoms with Gasteiger partial charge in [0.2, 0.25) is 0 Å². The molecule has 1 aromatic carbocycles. The van der Waals surface area contributed by atoms with E-state index in [0.29, 0.717) is 25.3 Å². The third kappa shape index (κ3) is 4.21. The molecule has 1 aliphatic rings. The number of methoxy groups -OCH3 is 1. The van der Waals surface area contributed by atoms with Gasteiger partial charge >= 0.3 is 5.97 Å². The van der Waals surface area contributed by atoms with Crippen LogP contribution in [0.5, 0.6) is 5.75 Å². The number of nitrogens with zero attached hydrogens (tertiary/aromatic N) is 2. The average molecular weight is 336 g/mol. The monoisotopic (exact) mass is 336 g/mol. The summed E-state index contributed by atoms with van der Waals surface area (Å²) in [5, 5.41) is 20.0. The van der Waals surface area contributed by atoms with Crippen LogP contribution in [0.3, 0.4) is 0 Å². The molecule has 1 unspecified atom stereocenters. The van der Waals surface area contributed by atoms with Gasteiger partial charge in [-0.25, -0.2) is 0 Å². The van der Waals surface area contributed by atoms with Crippen LogP contribution >= 0.6 is 0 Å². The number of nitro groups is 1. The first-order valence-corrected chi connectivity index (χ1v) is 7.76. The summed E-state index contributed by atoms with van der Waals surface area (Å²) >= 11 is 0. The second kappa shape index (κ2) is 7.76. The van der Waals surface area contributed by atoms with E-state index >= 15 is 0 Å². The smallest absolute Gasteiger partial charge is 0.303 e. The molecule has 0 bridgehead atoms. The predicted octanol–water partition coefficient (Wildman–Crippen LogP) is 2.32. The van der Waals surface area contributed by atoms with Gasteiger partial charge in [-0.2, -0.15) is 0 Å². The van der Waals surface area contributed by atoms with Crippen molar-refractivity contribution in [2.24, 2.45) is 5.92 Å². The lowest BCUT2D eigenvalue weighted by molar-refractivity contribution is -0.385. The highest BCUT2D eigenvalue weighted by Gasteiger charge is 2.29. The van der Waals surface area contributed by atoms with Gasteiger partial charge in [-0.15, -0.1) is 0 Å². The normalized spacial score (nSPS) is 17.4. The molecular formula is C16H20N2O6. The molecule has 1 aromatic rings. The summed E-state index contributed by atoms with van der Waals surface area (Å²) in [7, 11) is 1.43. The number of carbonyl (C=O) groups is 2. The number of rotatable bonds is 6. The first-order valence-electron chi connectivity index (χ1n) is 7.76. The molecule has 0 saturated carbocycles. The number of aliphatic carboxylic acids is 1. The van der Waals surface area contributed by atoms with Gasteiger partial charge in [-0.3, -0.25) is 19.7 Å². The molecule has 1 atom stereocenters. The van der Waals surface area contributed by atoms with Crippen LogP contribution in [0.25, 0.3) is 0 Å². The number of nitro benzene ring substituents is 1. The van der Waals surface area contributed by atoms with E-state index in [9.17, 15) is 19.7 Å². The number of carboxylic acids is 1. The maximum Gasteiger partial charge on any atom is 0.303 e. The van der Waals surface area contributed by atoms with Crippen molar-refractivity contribution in [1.82, 2.24) is 4.90 Å². The molecule has 1 fully saturated rings. The Hall–Kier alpha value is -2.64. The second-order valence-electron chi connectivity index (χ2n) is 5.83. The van der Waals surface area contributed by atoms with Crippen molar-refractivity contribution in [2.45, 2.75) is 25.7 Å². The van der Waals surface area contributed by atoms with Gasteiger partial charge < -0.3 is 14.7 Å². The van der Waals surface area contributed by atoms with Gasteiger partial charge in [0.15, 0.2) is 0 Å². The van der Waals surface area contributed by atoms with Gasteiger partial charge in [0, 0.05) is 25.6 Å². The van der Waals surface area contributed by atoms with Crippen LogP contribution in [0.1, 0.15) is 36.0 Å². The van der Waals surface area contributed by atoms with Crippen molar-refractivity contribution < 1.29 is 24.4 Å². The zero-order chi connectivity index (χ0) is 17.7. The van der Waals surface area contributed by atoms with E-state index in [-0.39, 0.29) is 23.6 Å². The zero-order valence-corrected chi connectivity index (χ0v) is 13.4. The molecule has 1 saturated heterocycles. The largest absolute Gasteiger partial charge is 0.497 e. The summed E-state index contributed by atoms with van der Waals surface area (Å²) in [5.41, 5.74) is -0.258. The standard InChI is InChI=1S/C16H20N2O6/c1-24-12-5-6-14(18(22)23)13(9-12)16(21)17-8-2-3-11(10-17)4-7-15(19)20/h5-6,9,11H,2-4,7-8,10H2,1H3,(H,19,20). The lowest BCUT2D eigenvalue weighted by Gasteiger charge is -2.32. The van der Waals surface area contributed by atoms with Crippen LogP contribution < -0.4 is 4.74 Å². The molecule has 1 aliphatic heterocycles. The van der Waals surface area contributed by atoms with E-state index in [1.54, 1.807) is 4.90 Å². The van der Waals surface area contributed by atoms with E-state index in [1.165, 1.54) is 25.3 Å². The Morgan fingerprint density at radius 1 is 1.46 bits per heavy atom. The number of amides is 1. The molecule has 1 heterocycles. The van der Waals surface area contributed by atoms with Gasteiger partial charge in [-0.1, -0.05) is 0 Å². The molecule has 0 aliphatic carbocycles. The highest BCUT2D eigenvalue weighted by atomic mass is 16.6. The SMILES string of the molecule is COc1ccc([N+](=O)[O-])c(C(=O)N2CCCC(CCC(=O)O)C2)c1. The Bertz CT molecular complexity index is 645. The molecule has 2 rings (SSSR count). The lowest BCUT2D eigenvalue weighted by atomic mass is 9.93. The highest BCUT2D eigenvalue weighted by molar-refractivity contribution is 5.98. The average Bonchev–Trinajstić information content (AvgIpc) is 2.58. The van der Waals surface area contributed by atoms with Gasteiger partial charge in [0.1, 0.15) is 11.3 Å². The molecule has 1 amide bonds. The van der Waals surface area contributed by atoms with E-state index in [0.717, 1.165) is 12.8 Å². The van der Waals surface area contributed by atoms with Gasteiger partial charge in [0.05, 0.1) is 12.0 Å². The number of benzene rings is 1. The number of carboxylic acid groups (broad SMARTS) is 1. The third-order valence-electron chi connectivity index (χ3n) is 4.20. The minimum Gasteiger partial charge on any atom is -0.497 e. The Balaban J connectivity index is 2.18. The van der Waals surface area contributed by atoms with Gasteiger partial charge in [-0.05, 0) is 37.3 Å². The Kier molecular flexibility index (Phi) is 5.73. The van der Waals surface area contributed by atoms with Crippen molar-refractivity contribution in [3.63, 3.8) is 0 Å². The van der Waals surface area contributed by atoms with Crippen molar-refractivity contribution >= 4 is 17.6 Å². The molecular weight excluding hydrogens is 316 g/mol. The number of ether oxygens (including phenoxy) is 1. The van der Waals surface area contributed by atoms with Crippen LogP contribution in [0.4, 0.5) is 5.69 Å². The highest BCUT2D eigenvalue weighted by Crippen LogP contribution is 2.28. The van der Waals surface area contributed by atoms with Crippen molar-refractivity contribution in [3.8, 4) is 5.75 Å². The summed E-state index contributed by atoms with van der Waals surface area (Å²) in [4.78, 5) is 35.6. The molecule has 0 aromatic heterocycles. The first kappa shape index (κ1) is 17.7. The van der Waals surface area contributed by atoms with Crippen molar-refractivity contribution in [2.75, 3.05) is 20.2 Å². The molecule has 24 heavy (non-hydrogen) atoms. The Labute approximate surface area is 139 Å². The Morgan fingerprint density at radius 3 is 2.83 bits per heavy atom. The topological polar surface area (TPSA) is 110 Å². The summed E-state index contributed by atoms with van der Waals surface area (Å²) in [6.45, 7) is 0.928. The first-order chi connectivity index (χ1) is 11.4. The van der Waals surface area contributed by atoms with Crippen LogP contribution in [0, 0.1) is 16.0 Å². The van der Waals surface area contributed by atoms with Crippen molar-refractivity contribution in [1.29, 1.82) is 0 Å². The fourth-order valence-electron chi connectivity index (χ4n) is 2.96. The summed E-state index contributed by atoms with van der Waals surface area (Å²) in [5.74, 6) is -0.797. The maximum absolute atomic E-state index is 12.7. The summed E-state index contributed by atoms with van der Waals surface area (Å²) < 4.78 is 5.05. The second-order valence-corrected chi connectivity index (χ2v) is 5.83. The number of carbonyl (C=O) groups excluding carboxylic acids is 1. The minimum atomic E-state index is -0.859.